The fourth-order valence-corrected chi connectivity index (χ4v) is 4.30. The van der Waals surface area contributed by atoms with Crippen LogP contribution in [0.4, 0.5) is 28.9 Å². The van der Waals surface area contributed by atoms with Crippen LogP contribution in [0, 0.1) is 5.82 Å². The predicted octanol–water partition coefficient (Wildman–Crippen LogP) is 2.78. The van der Waals surface area contributed by atoms with Crippen LogP contribution in [0.15, 0.2) is 42.5 Å². The molecule has 11 heteroatoms. The van der Waals surface area contributed by atoms with Gasteiger partial charge in [0.1, 0.15) is 5.82 Å². The first-order valence-corrected chi connectivity index (χ1v) is 9.44. The fourth-order valence-electron chi connectivity index (χ4n) is 2.89. The molecule has 1 aliphatic heterocycles. The lowest BCUT2D eigenvalue weighted by Crippen LogP contribution is -2.41. The maximum Gasteiger partial charge on any atom is 0.417 e. The third kappa shape index (κ3) is 3.49. The SMILES string of the molecule is CN1c2ccc(F)cc2N(CCNC(=O)c2ccccc2C(F)(F)F)S1(=O)=O. The van der Waals surface area contributed by atoms with E-state index < -0.39 is 39.2 Å². The van der Waals surface area contributed by atoms with E-state index in [9.17, 15) is 30.8 Å². The van der Waals surface area contributed by atoms with Gasteiger partial charge in [0.2, 0.25) is 0 Å². The van der Waals surface area contributed by atoms with Crippen molar-refractivity contribution in [3.05, 3.63) is 59.4 Å². The predicted molar refractivity (Wildman–Crippen MR) is 94.8 cm³/mol. The molecule has 0 bridgehead atoms. The van der Waals surface area contributed by atoms with E-state index in [1.807, 2.05) is 0 Å². The molecular formula is C17H15F4N3O3S. The van der Waals surface area contributed by atoms with Gasteiger partial charge in [-0.3, -0.25) is 9.10 Å². The maximum absolute atomic E-state index is 13.5. The van der Waals surface area contributed by atoms with Crippen molar-refractivity contribution in [1.29, 1.82) is 0 Å². The summed E-state index contributed by atoms with van der Waals surface area (Å²) in [5.74, 6) is -1.63. The first-order valence-electron chi connectivity index (χ1n) is 8.04. The van der Waals surface area contributed by atoms with Gasteiger partial charge in [0.05, 0.1) is 29.0 Å². The zero-order valence-electron chi connectivity index (χ0n) is 14.5. The summed E-state index contributed by atoms with van der Waals surface area (Å²) in [6.45, 7) is -0.545. The number of carbonyl (C=O) groups is 1. The molecule has 0 unspecified atom stereocenters. The van der Waals surface area contributed by atoms with E-state index in [1.54, 1.807) is 0 Å². The summed E-state index contributed by atoms with van der Waals surface area (Å²) in [4.78, 5) is 12.2. The van der Waals surface area contributed by atoms with E-state index in [0.29, 0.717) is 0 Å². The highest BCUT2D eigenvalue weighted by Crippen LogP contribution is 2.39. The average molecular weight is 417 g/mol. The number of rotatable bonds is 4. The second kappa shape index (κ2) is 6.97. The van der Waals surface area contributed by atoms with Crippen LogP contribution < -0.4 is 13.9 Å². The van der Waals surface area contributed by atoms with Crippen molar-refractivity contribution in [2.45, 2.75) is 6.18 Å². The summed E-state index contributed by atoms with van der Waals surface area (Å²) in [7, 11) is -2.67. The minimum Gasteiger partial charge on any atom is -0.350 e. The average Bonchev–Trinajstić information content (AvgIpc) is 2.81. The third-order valence-electron chi connectivity index (χ3n) is 4.25. The fraction of sp³-hybridized carbons (Fsp3) is 0.235. The van der Waals surface area contributed by atoms with Gasteiger partial charge in [-0.05, 0) is 24.3 Å². The van der Waals surface area contributed by atoms with E-state index in [-0.39, 0.29) is 24.5 Å². The molecule has 0 atom stereocenters. The van der Waals surface area contributed by atoms with Crippen LogP contribution in [-0.2, 0) is 16.4 Å². The van der Waals surface area contributed by atoms with E-state index in [4.69, 9.17) is 0 Å². The highest BCUT2D eigenvalue weighted by Gasteiger charge is 2.38. The highest BCUT2D eigenvalue weighted by molar-refractivity contribution is 7.94. The summed E-state index contributed by atoms with van der Waals surface area (Å²) in [5, 5.41) is 2.28. The van der Waals surface area contributed by atoms with E-state index in [1.165, 1.54) is 19.2 Å². The highest BCUT2D eigenvalue weighted by atomic mass is 32.2. The van der Waals surface area contributed by atoms with Crippen LogP contribution in [0.1, 0.15) is 15.9 Å². The molecule has 28 heavy (non-hydrogen) atoms. The van der Waals surface area contributed by atoms with Crippen molar-refractivity contribution < 1.29 is 30.8 Å². The number of nitrogens with one attached hydrogen (secondary N) is 1. The zero-order valence-corrected chi connectivity index (χ0v) is 15.3. The Balaban J connectivity index is 1.76. The second-order valence-electron chi connectivity index (χ2n) is 5.98. The first kappa shape index (κ1) is 19.9. The van der Waals surface area contributed by atoms with Crippen LogP contribution in [0.3, 0.4) is 0 Å². The summed E-state index contributed by atoms with van der Waals surface area (Å²) in [6.07, 6.45) is -4.70. The Bertz CT molecular complexity index is 1020. The molecule has 2 aromatic rings. The molecule has 1 heterocycles. The molecular weight excluding hydrogens is 402 g/mol. The van der Waals surface area contributed by atoms with Crippen LogP contribution in [-0.4, -0.2) is 34.5 Å². The van der Waals surface area contributed by atoms with Gasteiger partial charge in [-0.2, -0.15) is 21.6 Å². The zero-order chi connectivity index (χ0) is 20.7. The minimum atomic E-state index is -4.70. The summed E-state index contributed by atoms with van der Waals surface area (Å²) in [5.41, 5.74) is -1.31. The van der Waals surface area contributed by atoms with Gasteiger partial charge >= 0.3 is 16.4 Å². The van der Waals surface area contributed by atoms with Crippen molar-refractivity contribution in [3.63, 3.8) is 0 Å². The van der Waals surface area contributed by atoms with Gasteiger partial charge in [-0.25, -0.2) is 8.70 Å². The Morgan fingerprint density at radius 3 is 2.46 bits per heavy atom. The standard InChI is InChI=1S/C17H15F4N3O3S/c1-23-14-7-6-11(18)10-15(14)24(28(23,26)27)9-8-22-16(25)12-4-2-3-5-13(12)17(19,20)21/h2-7,10H,8-9H2,1H3,(H,22,25). The Kier molecular flexibility index (Phi) is 4.96. The van der Waals surface area contributed by atoms with Crippen LogP contribution in [0.5, 0.6) is 0 Å². The monoisotopic (exact) mass is 417 g/mol. The van der Waals surface area contributed by atoms with Crippen molar-refractivity contribution in [2.24, 2.45) is 0 Å². The van der Waals surface area contributed by atoms with E-state index >= 15 is 0 Å². The lowest BCUT2D eigenvalue weighted by molar-refractivity contribution is -0.137. The number of hydrogen-bond acceptors (Lipinski definition) is 3. The molecule has 0 saturated heterocycles. The lowest BCUT2D eigenvalue weighted by atomic mass is 10.1. The molecule has 2 aromatic carbocycles. The number of fused-ring (bicyclic) bond motifs is 1. The molecule has 0 fully saturated rings. The molecule has 0 aromatic heterocycles. The first-order chi connectivity index (χ1) is 13.0. The molecule has 1 N–H and O–H groups in total. The van der Waals surface area contributed by atoms with Crippen molar-refractivity contribution in [1.82, 2.24) is 5.32 Å². The number of halogens is 4. The van der Waals surface area contributed by atoms with E-state index in [0.717, 1.165) is 38.9 Å². The molecule has 1 amide bonds. The summed E-state index contributed by atoms with van der Waals surface area (Å²) >= 11 is 0. The van der Waals surface area contributed by atoms with Crippen molar-refractivity contribution >= 4 is 27.5 Å². The molecule has 1 aliphatic rings. The quantitative estimate of drug-likeness (QED) is 0.778. The Labute approximate surface area is 158 Å². The molecule has 6 nitrogen and oxygen atoms in total. The summed E-state index contributed by atoms with van der Waals surface area (Å²) < 4.78 is 79.3. The Hall–Kier alpha value is -2.82. The number of carbonyl (C=O) groups excluding carboxylic acids is 1. The molecule has 3 rings (SSSR count). The number of hydrogen-bond donors (Lipinski definition) is 1. The number of nitrogens with zero attached hydrogens (tertiary/aromatic N) is 2. The molecule has 0 saturated carbocycles. The smallest absolute Gasteiger partial charge is 0.350 e. The Morgan fingerprint density at radius 2 is 1.79 bits per heavy atom. The van der Waals surface area contributed by atoms with E-state index in [2.05, 4.69) is 5.32 Å². The lowest BCUT2D eigenvalue weighted by Gasteiger charge is -2.19. The van der Waals surface area contributed by atoms with Gasteiger partial charge in [0.15, 0.2) is 0 Å². The normalized spacial score (nSPS) is 15.5. The molecule has 150 valence electrons. The van der Waals surface area contributed by atoms with Crippen LogP contribution in [0.25, 0.3) is 0 Å². The third-order valence-corrected chi connectivity index (χ3v) is 6.07. The van der Waals surface area contributed by atoms with Gasteiger partial charge in [0, 0.05) is 19.7 Å². The topological polar surface area (TPSA) is 69.7 Å². The Morgan fingerprint density at radius 1 is 1.11 bits per heavy atom. The molecule has 0 aliphatic carbocycles. The van der Waals surface area contributed by atoms with Crippen molar-refractivity contribution in [2.75, 3.05) is 28.7 Å². The van der Waals surface area contributed by atoms with Gasteiger partial charge in [-0.15, -0.1) is 0 Å². The second-order valence-corrected chi connectivity index (χ2v) is 7.86. The van der Waals surface area contributed by atoms with Gasteiger partial charge < -0.3 is 5.32 Å². The van der Waals surface area contributed by atoms with Crippen molar-refractivity contribution in [3.8, 4) is 0 Å². The van der Waals surface area contributed by atoms with Crippen LogP contribution >= 0.6 is 0 Å². The number of anilines is 2. The number of alkyl halides is 3. The minimum absolute atomic E-state index is 0.0902. The summed E-state index contributed by atoms with van der Waals surface area (Å²) in [6, 6.07) is 7.74. The van der Waals surface area contributed by atoms with Gasteiger partial charge in [-0.1, -0.05) is 12.1 Å². The van der Waals surface area contributed by atoms with Crippen LogP contribution in [0.2, 0.25) is 0 Å². The molecule has 0 spiro atoms. The van der Waals surface area contributed by atoms with Gasteiger partial charge in [0.25, 0.3) is 5.91 Å². The maximum atomic E-state index is 13.5. The molecule has 0 radical (unpaired) electrons. The number of amides is 1. The largest absolute Gasteiger partial charge is 0.417 e. The number of benzene rings is 2.